The van der Waals surface area contributed by atoms with E-state index in [0.717, 1.165) is 24.3 Å². The first-order valence-corrected chi connectivity index (χ1v) is 6.52. The Kier molecular flexibility index (Phi) is 3.82. The molecule has 17 heavy (non-hydrogen) atoms. The summed E-state index contributed by atoms with van der Waals surface area (Å²) >= 11 is 0. The van der Waals surface area contributed by atoms with Gasteiger partial charge in [-0.2, -0.15) is 0 Å². The number of carbonyl (C=O) groups excluding carboxylic acids is 1. The van der Waals surface area contributed by atoms with E-state index in [1.807, 2.05) is 31.2 Å². The second-order valence-corrected chi connectivity index (χ2v) is 5.30. The molecule has 1 saturated carbocycles. The molecule has 0 heterocycles. The topological polar surface area (TPSA) is 29.1 Å². The maximum atomic E-state index is 12.0. The van der Waals surface area contributed by atoms with Crippen LogP contribution >= 0.6 is 0 Å². The Morgan fingerprint density at radius 3 is 2.29 bits per heavy atom. The van der Waals surface area contributed by atoms with E-state index in [0.29, 0.717) is 6.04 Å². The van der Waals surface area contributed by atoms with E-state index in [2.05, 4.69) is 12.2 Å². The fourth-order valence-corrected chi connectivity index (χ4v) is 2.38. The van der Waals surface area contributed by atoms with Crippen LogP contribution in [-0.2, 0) is 0 Å². The number of rotatable bonds is 2. The van der Waals surface area contributed by atoms with Gasteiger partial charge in [0.2, 0.25) is 0 Å². The van der Waals surface area contributed by atoms with Crippen LogP contribution in [0.25, 0.3) is 0 Å². The highest BCUT2D eigenvalue weighted by atomic mass is 16.1. The third kappa shape index (κ3) is 3.32. The predicted octanol–water partition coefficient (Wildman–Crippen LogP) is 3.30. The molecule has 0 atom stereocenters. The van der Waals surface area contributed by atoms with Crippen LogP contribution in [0.15, 0.2) is 24.3 Å². The molecule has 0 spiro atoms. The lowest BCUT2D eigenvalue weighted by Crippen LogP contribution is -2.37. The van der Waals surface area contributed by atoms with Crippen molar-refractivity contribution in [2.24, 2.45) is 5.92 Å². The van der Waals surface area contributed by atoms with E-state index in [1.165, 1.54) is 18.4 Å². The van der Waals surface area contributed by atoms with Gasteiger partial charge < -0.3 is 5.32 Å². The van der Waals surface area contributed by atoms with E-state index in [4.69, 9.17) is 0 Å². The van der Waals surface area contributed by atoms with Crippen molar-refractivity contribution < 1.29 is 4.79 Å². The Morgan fingerprint density at radius 1 is 1.12 bits per heavy atom. The SMILES string of the molecule is Cc1ccc(C(=O)NC2CCC(C)CC2)cc1. The van der Waals surface area contributed by atoms with Gasteiger partial charge in [0.15, 0.2) is 0 Å². The molecule has 0 saturated heterocycles. The Balaban J connectivity index is 1.91. The van der Waals surface area contributed by atoms with Crippen molar-refractivity contribution in [2.75, 3.05) is 0 Å². The second-order valence-electron chi connectivity index (χ2n) is 5.30. The molecule has 0 aliphatic heterocycles. The highest BCUT2D eigenvalue weighted by Crippen LogP contribution is 2.23. The van der Waals surface area contributed by atoms with E-state index in [1.54, 1.807) is 0 Å². The summed E-state index contributed by atoms with van der Waals surface area (Å²) in [6.45, 7) is 4.32. The van der Waals surface area contributed by atoms with Gasteiger partial charge in [-0.3, -0.25) is 4.79 Å². The van der Waals surface area contributed by atoms with Crippen LogP contribution in [0.4, 0.5) is 0 Å². The minimum Gasteiger partial charge on any atom is -0.349 e. The molecule has 92 valence electrons. The largest absolute Gasteiger partial charge is 0.349 e. The van der Waals surface area contributed by atoms with Crippen LogP contribution in [0.5, 0.6) is 0 Å². The van der Waals surface area contributed by atoms with Crippen molar-refractivity contribution in [1.29, 1.82) is 0 Å². The average molecular weight is 231 g/mol. The maximum absolute atomic E-state index is 12.0. The van der Waals surface area contributed by atoms with Crippen LogP contribution in [0.3, 0.4) is 0 Å². The molecular formula is C15H21NO. The number of aryl methyl sites for hydroxylation is 1. The van der Waals surface area contributed by atoms with Gasteiger partial charge in [0.1, 0.15) is 0 Å². The molecule has 1 aliphatic rings. The number of amides is 1. The summed E-state index contributed by atoms with van der Waals surface area (Å²) in [5, 5.41) is 3.14. The summed E-state index contributed by atoms with van der Waals surface area (Å²) in [6, 6.07) is 8.14. The Morgan fingerprint density at radius 2 is 1.71 bits per heavy atom. The number of nitrogens with one attached hydrogen (secondary N) is 1. The molecule has 1 aromatic rings. The molecule has 1 N–H and O–H groups in total. The summed E-state index contributed by atoms with van der Waals surface area (Å²) in [5.41, 5.74) is 1.96. The summed E-state index contributed by atoms with van der Waals surface area (Å²) < 4.78 is 0. The van der Waals surface area contributed by atoms with Crippen molar-refractivity contribution >= 4 is 5.91 Å². The molecule has 0 unspecified atom stereocenters. The fraction of sp³-hybridized carbons (Fsp3) is 0.533. The molecule has 2 rings (SSSR count). The quantitative estimate of drug-likeness (QED) is 0.831. The lowest BCUT2D eigenvalue weighted by molar-refractivity contribution is 0.0923. The van der Waals surface area contributed by atoms with E-state index >= 15 is 0 Å². The first-order valence-electron chi connectivity index (χ1n) is 6.52. The minimum atomic E-state index is 0.0737. The number of carbonyl (C=O) groups is 1. The number of benzene rings is 1. The summed E-state index contributed by atoms with van der Waals surface area (Å²) in [7, 11) is 0. The van der Waals surface area contributed by atoms with E-state index in [9.17, 15) is 4.79 Å². The highest BCUT2D eigenvalue weighted by molar-refractivity contribution is 5.94. The molecule has 1 fully saturated rings. The van der Waals surface area contributed by atoms with Crippen molar-refractivity contribution in [3.05, 3.63) is 35.4 Å². The first kappa shape index (κ1) is 12.2. The lowest BCUT2D eigenvalue weighted by Gasteiger charge is -2.26. The molecule has 1 aliphatic carbocycles. The maximum Gasteiger partial charge on any atom is 0.251 e. The number of hydrogen-bond donors (Lipinski definition) is 1. The number of hydrogen-bond acceptors (Lipinski definition) is 1. The molecule has 0 bridgehead atoms. The third-order valence-electron chi connectivity index (χ3n) is 3.66. The molecule has 1 amide bonds. The standard InChI is InChI=1S/C15H21NO/c1-11-3-7-13(8-4-11)15(17)16-14-9-5-12(2)6-10-14/h3-4,7-8,12,14H,5-6,9-10H2,1-2H3,(H,16,17). The lowest BCUT2D eigenvalue weighted by atomic mass is 9.87. The Bertz CT molecular complexity index is 374. The normalized spacial score (nSPS) is 24.4. The molecule has 2 nitrogen and oxygen atoms in total. The van der Waals surface area contributed by atoms with Crippen molar-refractivity contribution in [3.63, 3.8) is 0 Å². The molecule has 0 radical (unpaired) electrons. The van der Waals surface area contributed by atoms with Gasteiger partial charge in [0, 0.05) is 11.6 Å². The smallest absolute Gasteiger partial charge is 0.251 e. The van der Waals surface area contributed by atoms with Gasteiger partial charge in [-0.15, -0.1) is 0 Å². The zero-order valence-electron chi connectivity index (χ0n) is 10.7. The summed E-state index contributed by atoms with van der Waals surface area (Å²) in [4.78, 5) is 12.0. The van der Waals surface area contributed by atoms with Crippen LogP contribution in [0.2, 0.25) is 0 Å². The Hall–Kier alpha value is -1.31. The summed E-state index contributed by atoms with van der Waals surface area (Å²) in [6.07, 6.45) is 4.72. The fourth-order valence-electron chi connectivity index (χ4n) is 2.38. The minimum absolute atomic E-state index is 0.0737. The van der Waals surface area contributed by atoms with Gasteiger partial charge in [0.25, 0.3) is 5.91 Å². The van der Waals surface area contributed by atoms with Crippen molar-refractivity contribution in [1.82, 2.24) is 5.32 Å². The van der Waals surface area contributed by atoms with Crippen LogP contribution in [0, 0.1) is 12.8 Å². The van der Waals surface area contributed by atoms with Crippen LogP contribution in [0.1, 0.15) is 48.5 Å². The predicted molar refractivity (Wildman–Crippen MR) is 70.1 cm³/mol. The van der Waals surface area contributed by atoms with E-state index in [-0.39, 0.29) is 5.91 Å². The summed E-state index contributed by atoms with van der Waals surface area (Å²) in [5.74, 6) is 0.895. The monoisotopic (exact) mass is 231 g/mol. The highest BCUT2D eigenvalue weighted by Gasteiger charge is 2.19. The molecular weight excluding hydrogens is 210 g/mol. The van der Waals surface area contributed by atoms with Crippen molar-refractivity contribution in [2.45, 2.75) is 45.6 Å². The van der Waals surface area contributed by atoms with Gasteiger partial charge in [-0.05, 0) is 50.7 Å². The molecule has 0 aromatic heterocycles. The third-order valence-corrected chi connectivity index (χ3v) is 3.66. The zero-order chi connectivity index (χ0) is 12.3. The molecule has 2 heteroatoms. The van der Waals surface area contributed by atoms with Gasteiger partial charge in [0.05, 0.1) is 0 Å². The van der Waals surface area contributed by atoms with Crippen LogP contribution < -0.4 is 5.32 Å². The average Bonchev–Trinajstić information content (AvgIpc) is 2.33. The first-order chi connectivity index (χ1) is 8.15. The van der Waals surface area contributed by atoms with E-state index < -0.39 is 0 Å². The van der Waals surface area contributed by atoms with Gasteiger partial charge in [-0.1, -0.05) is 24.6 Å². The Labute approximate surface area is 103 Å². The van der Waals surface area contributed by atoms with Gasteiger partial charge in [-0.25, -0.2) is 0 Å². The zero-order valence-corrected chi connectivity index (χ0v) is 10.7. The molecule has 1 aromatic carbocycles. The van der Waals surface area contributed by atoms with Crippen LogP contribution in [-0.4, -0.2) is 11.9 Å². The van der Waals surface area contributed by atoms with Crippen molar-refractivity contribution in [3.8, 4) is 0 Å². The van der Waals surface area contributed by atoms with Gasteiger partial charge >= 0.3 is 0 Å². The second kappa shape index (κ2) is 5.35.